The number of carbonyl (C=O) groups excluding carboxylic acids is 2. The molecule has 0 rings (SSSR count). The van der Waals surface area contributed by atoms with Gasteiger partial charge in [0.15, 0.2) is 0 Å². The topological polar surface area (TPSA) is 52.6 Å². The molecule has 0 aliphatic carbocycles. The van der Waals surface area contributed by atoms with Gasteiger partial charge in [0.1, 0.15) is 11.6 Å². The summed E-state index contributed by atoms with van der Waals surface area (Å²) >= 11 is 3.74. The molecule has 6 heteroatoms. The second-order valence-corrected chi connectivity index (χ2v) is 12.0. The number of unbranched alkanes of at least 4 members (excludes halogenated alkanes) is 4. The molecule has 4 unspecified atom stereocenters. The van der Waals surface area contributed by atoms with Crippen LogP contribution in [0.15, 0.2) is 0 Å². The van der Waals surface area contributed by atoms with E-state index in [-0.39, 0.29) is 11.8 Å². The molecule has 0 saturated heterocycles. The van der Waals surface area contributed by atoms with E-state index in [1.165, 1.54) is 0 Å². The first kappa shape index (κ1) is 34.0. The van der Waals surface area contributed by atoms with Crippen LogP contribution < -0.4 is 0 Å². The Kier molecular flexibility index (Phi) is 23.3. The smallest absolute Gasteiger partial charge is 0.136 e. The maximum absolute atomic E-state index is 12.4. The van der Waals surface area contributed by atoms with E-state index in [1.54, 1.807) is 0 Å². The van der Waals surface area contributed by atoms with Crippen LogP contribution >= 0.6 is 23.5 Å². The van der Waals surface area contributed by atoms with Gasteiger partial charge in [0.2, 0.25) is 0 Å². The normalized spacial score (nSPS) is 15.1. The molecule has 0 bridgehead atoms. The Bertz CT molecular complexity index is 457. The zero-order valence-electron chi connectivity index (χ0n) is 23.1. The van der Waals surface area contributed by atoms with E-state index in [2.05, 4.69) is 41.5 Å². The maximum atomic E-state index is 12.4. The van der Waals surface area contributed by atoms with Gasteiger partial charge in [-0.15, -0.1) is 0 Å². The van der Waals surface area contributed by atoms with Crippen molar-refractivity contribution in [3.8, 4) is 0 Å². The van der Waals surface area contributed by atoms with Crippen LogP contribution in [0, 0.1) is 11.8 Å². The summed E-state index contributed by atoms with van der Waals surface area (Å²) in [6, 6.07) is 0. The number of hydrogen-bond donors (Lipinski definition) is 0. The quantitative estimate of drug-likeness (QED) is 0.116. The van der Waals surface area contributed by atoms with Crippen LogP contribution in [0.3, 0.4) is 0 Å². The van der Waals surface area contributed by atoms with Crippen molar-refractivity contribution in [3.05, 3.63) is 0 Å². The Morgan fingerprint density at radius 3 is 1.32 bits per heavy atom. The highest BCUT2D eigenvalue weighted by Crippen LogP contribution is 2.26. The molecule has 0 aromatic carbocycles. The van der Waals surface area contributed by atoms with Crippen LogP contribution in [0.5, 0.6) is 0 Å². The van der Waals surface area contributed by atoms with Crippen LogP contribution in [0.2, 0.25) is 0 Å². The van der Waals surface area contributed by atoms with Crippen molar-refractivity contribution < 1.29 is 19.1 Å². The largest absolute Gasteiger partial charge is 0.378 e. The van der Waals surface area contributed by atoms with Crippen LogP contribution in [-0.4, -0.2) is 60.0 Å². The summed E-state index contributed by atoms with van der Waals surface area (Å²) in [5.74, 6) is 2.94. The molecular weight excluding hydrogens is 464 g/mol. The molecule has 0 N–H and O–H groups in total. The lowest BCUT2D eigenvalue weighted by Gasteiger charge is -2.21. The molecule has 4 nitrogen and oxygen atoms in total. The van der Waals surface area contributed by atoms with Gasteiger partial charge in [-0.2, -0.15) is 23.5 Å². The minimum atomic E-state index is 0.133. The lowest BCUT2D eigenvalue weighted by atomic mass is 9.96. The molecule has 34 heavy (non-hydrogen) atoms. The summed E-state index contributed by atoms with van der Waals surface area (Å²) in [5.41, 5.74) is 0. The first-order valence-corrected chi connectivity index (χ1v) is 16.0. The molecule has 0 saturated carbocycles. The molecule has 4 atom stereocenters. The lowest BCUT2D eigenvalue weighted by Crippen LogP contribution is -2.24. The van der Waals surface area contributed by atoms with E-state index < -0.39 is 0 Å². The summed E-state index contributed by atoms with van der Waals surface area (Å²) < 4.78 is 11.5. The maximum Gasteiger partial charge on any atom is 0.136 e. The van der Waals surface area contributed by atoms with Gasteiger partial charge in [-0.25, -0.2) is 0 Å². The van der Waals surface area contributed by atoms with Gasteiger partial charge >= 0.3 is 0 Å². The van der Waals surface area contributed by atoms with Crippen LogP contribution in [-0.2, 0) is 19.1 Å². The fourth-order valence-corrected chi connectivity index (χ4v) is 6.42. The molecule has 202 valence electrons. The highest BCUT2D eigenvalue weighted by atomic mass is 32.2. The number of thioether (sulfide) groups is 2. The first-order valence-electron chi connectivity index (χ1n) is 13.9. The molecule has 0 aliphatic rings. The predicted octanol–water partition coefficient (Wildman–Crippen LogP) is 7.61. The molecule has 0 aromatic heterocycles. The number of hydrogen-bond acceptors (Lipinski definition) is 6. The van der Waals surface area contributed by atoms with E-state index >= 15 is 0 Å². The van der Waals surface area contributed by atoms with E-state index in [0.29, 0.717) is 48.5 Å². The Hall–Kier alpha value is -0.0400. The third kappa shape index (κ3) is 16.6. The number of Topliss-reactive ketones (excluding diaryl/α,β-unsaturated/α-hetero) is 2. The number of ether oxygens (including phenoxy) is 2. The van der Waals surface area contributed by atoms with Gasteiger partial charge in [0, 0.05) is 46.7 Å². The summed E-state index contributed by atoms with van der Waals surface area (Å²) in [7, 11) is 0. The van der Waals surface area contributed by atoms with Crippen molar-refractivity contribution in [1.82, 2.24) is 0 Å². The van der Waals surface area contributed by atoms with Gasteiger partial charge in [-0.05, 0) is 25.7 Å². The first-order chi connectivity index (χ1) is 16.4. The summed E-state index contributed by atoms with van der Waals surface area (Å²) in [4.78, 5) is 24.8. The van der Waals surface area contributed by atoms with Crippen molar-refractivity contribution in [2.75, 3.05) is 37.9 Å². The fraction of sp³-hybridized carbons (Fsp3) is 0.929. The van der Waals surface area contributed by atoms with E-state index in [1.807, 2.05) is 23.5 Å². The SMILES string of the molecule is CCCCCC(=O)C(C)C(CC)SCCOCCOCCSC(CC)C(C)C(=O)CCCCC. The molecule has 0 aromatic rings. The van der Waals surface area contributed by atoms with Crippen molar-refractivity contribution in [2.45, 2.75) is 116 Å². The average Bonchev–Trinajstić information content (AvgIpc) is 2.84. The van der Waals surface area contributed by atoms with Crippen LogP contribution in [0.25, 0.3) is 0 Å². The molecule has 0 aliphatic heterocycles. The van der Waals surface area contributed by atoms with Crippen molar-refractivity contribution >= 4 is 35.1 Å². The summed E-state index contributed by atoms with van der Waals surface area (Å²) in [6.07, 6.45) is 10.2. The highest BCUT2D eigenvalue weighted by Gasteiger charge is 2.23. The van der Waals surface area contributed by atoms with Gasteiger partial charge in [0.25, 0.3) is 0 Å². The number of carbonyl (C=O) groups is 2. The van der Waals surface area contributed by atoms with Crippen LogP contribution in [0.4, 0.5) is 0 Å². The number of ketones is 2. The third-order valence-corrected chi connectivity index (χ3v) is 9.62. The molecule has 0 radical (unpaired) electrons. The predicted molar refractivity (Wildman–Crippen MR) is 151 cm³/mol. The van der Waals surface area contributed by atoms with E-state index in [4.69, 9.17) is 9.47 Å². The van der Waals surface area contributed by atoms with E-state index in [0.717, 1.165) is 75.7 Å². The van der Waals surface area contributed by atoms with Gasteiger partial charge < -0.3 is 9.47 Å². The number of rotatable bonds is 25. The Morgan fingerprint density at radius 1 is 0.618 bits per heavy atom. The van der Waals surface area contributed by atoms with E-state index in [9.17, 15) is 9.59 Å². The molecule has 0 fully saturated rings. The highest BCUT2D eigenvalue weighted by molar-refractivity contribution is 8.00. The fourth-order valence-electron chi connectivity index (χ4n) is 4.04. The minimum absolute atomic E-state index is 0.133. The van der Waals surface area contributed by atoms with Gasteiger partial charge in [-0.3, -0.25) is 9.59 Å². The zero-order chi connectivity index (χ0) is 25.6. The van der Waals surface area contributed by atoms with Crippen LogP contribution in [0.1, 0.15) is 106 Å². The van der Waals surface area contributed by atoms with Crippen molar-refractivity contribution in [3.63, 3.8) is 0 Å². The average molecular weight is 519 g/mol. The van der Waals surface area contributed by atoms with Gasteiger partial charge in [0.05, 0.1) is 26.4 Å². The molecule has 0 heterocycles. The second kappa shape index (κ2) is 23.4. The monoisotopic (exact) mass is 518 g/mol. The lowest BCUT2D eigenvalue weighted by molar-refractivity contribution is -0.123. The Balaban J connectivity index is 3.84. The molecule has 0 spiro atoms. The minimum Gasteiger partial charge on any atom is -0.378 e. The van der Waals surface area contributed by atoms with Crippen molar-refractivity contribution in [2.24, 2.45) is 11.8 Å². The third-order valence-electron chi connectivity index (χ3n) is 6.48. The van der Waals surface area contributed by atoms with Gasteiger partial charge in [-0.1, -0.05) is 67.2 Å². The Labute approximate surface area is 219 Å². The standard InChI is InChI=1S/C28H54O4S2/c1-7-11-13-15-25(29)23(5)27(9-3)33-21-19-31-17-18-32-20-22-34-28(10-4)24(6)26(30)16-14-12-8-2/h23-24,27-28H,7-22H2,1-6H3. The molecular formula is C28H54O4S2. The zero-order valence-corrected chi connectivity index (χ0v) is 24.7. The summed E-state index contributed by atoms with van der Waals surface area (Å²) in [5, 5.41) is 0.775. The second-order valence-electron chi connectivity index (χ2n) is 9.28. The molecule has 0 amide bonds. The Morgan fingerprint density at radius 2 is 1.00 bits per heavy atom. The van der Waals surface area contributed by atoms with Crippen molar-refractivity contribution in [1.29, 1.82) is 0 Å². The summed E-state index contributed by atoms with van der Waals surface area (Å²) in [6.45, 7) is 15.5.